The molecule has 0 bridgehead atoms. The van der Waals surface area contributed by atoms with Gasteiger partial charge in [-0.2, -0.15) is 0 Å². The van der Waals surface area contributed by atoms with E-state index in [1.807, 2.05) is 0 Å². The second kappa shape index (κ2) is 5.92. The molecule has 2 N–H and O–H groups in total. The molecular weight excluding hydrogens is 357 g/mol. The molecule has 0 radical (unpaired) electrons. The third-order valence-electron chi connectivity index (χ3n) is 3.75. The summed E-state index contributed by atoms with van der Waals surface area (Å²) in [5, 5.41) is 20.6. The Labute approximate surface area is 144 Å². The average Bonchev–Trinajstić information content (AvgIpc) is 3.03. The molecule has 1 aromatic carbocycles. The number of carbonyl (C=O) groups excluding carboxylic acids is 1. The second-order valence-corrected chi connectivity index (χ2v) is 6.78. The van der Waals surface area contributed by atoms with E-state index in [2.05, 4.69) is 0 Å². The molecule has 0 spiro atoms. The van der Waals surface area contributed by atoms with E-state index < -0.39 is 23.4 Å². The van der Waals surface area contributed by atoms with Crippen LogP contribution < -0.4 is 0 Å². The van der Waals surface area contributed by atoms with Crippen molar-refractivity contribution < 1.29 is 24.2 Å². The third-order valence-corrected chi connectivity index (χ3v) is 4.84. The molecule has 0 saturated heterocycles. The number of aromatic hydroxyl groups is 1. The highest BCUT2D eigenvalue weighted by Gasteiger charge is 2.23. The van der Waals surface area contributed by atoms with Crippen LogP contribution in [0.1, 0.15) is 21.6 Å². The van der Waals surface area contributed by atoms with Gasteiger partial charge in [0.1, 0.15) is 0 Å². The van der Waals surface area contributed by atoms with Crippen LogP contribution in [0, 0.1) is 12.7 Å². The van der Waals surface area contributed by atoms with E-state index in [0.29, 0.717) is 26.5 Å². The van der Waals surface area contributed by atoms with E-state index in [9.17, 15) is 19.1 Å². The van der Waals surface area contributed by atoms with Crippen molar-refractivity contribution in [1.29, 1.82) is 0 Å². The number of halogens is 2. The van der Waals surface area contributed by atoms with Gasteiger partial charge in [0.25, 0.3) is 5.91 Å². The topological polar surface area (TPSA) is 79.5 Å². The number of hydrogen-bond acceptors (Lipinski definition) is 4. The van der Waals surface area contributed by atoms with E-state index in [-0.39, 0.29) is 11.9 Å². The molecule has 0 fully saturated rings. The zero-order valence-corrected chi connectivity index (χ0v) is 13.9. The van der Waals surface area contributed by atoms with Gasteiger partial charge >= 0.3 is 5.97 Å². The molecule has 0 aliphatic rings. The van der Waals surface area contributed by atoms with Crippen LogP contribution >= 0.6 is 22.9 Å². The summed E-state index contributed by atoms with van der Waals surface area (Å²) in [4.78, 5) is 23.9. The number of fused-ring (bicyclic) bond motifs is 1. The summed E-state index contributed by atoms with van der Waals surface area (Å²) < 4.78 is 15.5. The fourth-order valence-corrected chi connectivity index (χ4v) is 3.53. The minimum Gasteiger partial charge on any atom is -0.505 e. The third kappa shape index (κ3) is 2.65. The number of phenols is 1. The lowest BCUT2D eigenvalue weighted by atomic mass is 10.1. The number of rotatable bonds is 3. The molecule has 124 valence electrons. The van der Waals surface area contributed by atoms with Crippen LogP contribution in [0.5, 0.6) is 5.75 Å². The molecule has 0 aliphatic carbocycles. The van der Waals surface area contributed by atoms with E-state index in [1.54, 1.807) is 12.3 Å². The predicted molar refractivity (Wildman–Crippen MR) is 88.7 cm³/mol. The zero-order valence-electron chi connectivity index (χ0n) is 12.3. The number of carboxylic acids is 1. The Kier molecular flexibility index (Phi) is 4.06. The Hall–Kier alpha value is -2.38. The largest absolute Gasteiger partial charge is 0.505 e. The monoisotopic (exact) mass is 367 g/mol. The number of phenolic OH excluding ortho intramolecular Hbond substituents is 1. The van der Waals surface area contributed by atoms with E-state index in [1.165, 1.54) is 22.0 Å². The Bertz CT molecular complexity index is 992. The zero-order chi connectivity index (χ0) is 17.6. The smallest absolute Gasteiger partial charge is 0.307 e. The van der Waals surface area contributed by atoms with Crippen LogP contribution in [-0.4, -0.2) is 26.7 Å². The number of nitrogens with zero attached hydrogens (tertiary/aromatic N) is 1. The number of thiophene rings is 1. The quantitative estimate of drug-likeness (QED) is 0.737. The number of carboxylic acid groups (broad SMARTS) is 1. The molecule has 0 saturated carbocycles. The fourth-order valence-electron chi connectivity index (χ4n) is 2.68. The van der Waals surface area contributed by atoms with Gasteiger partial charge in [0.15, 0.2) is 11.6 Å². The standard InChI is InChI=1S/C16H11ClFNO4S/c1-7-9(4-15(21)22)10-3-13(20)11(18)5-12(10)19(7)16(23)8-2-14(17)24-6-8/h2-3,5-6,20H,4H2,1H3,(H,21,22). The lowest BCUT2D eigenvalue weighted by molar-refractivity contribution is -0.136. The molecule has 2 aromatic heterocycles. The number of aliphatic carboxylic acids is 1. The highest BCUT2D eigenvalue weighted by atomic mass is 35.5. The molecule has 0 aliphatic heterocycles. The normalized spacial score (nSPS) is 11.1. The van der Waals surface area contributed by atoms with E-state index in [4.69, 9.17) is 16.7 Å². The summed E-state index contributed by atoms with van der Waals surface area (Å²) in [6, 6.07) is 3.66. The van der Waals surface area contributed by atoms with Gasteiger partial charge in [-0.3, -0.25) is 14.2 Å². The van der Waals surface area contributed by atoms with Crippen LogP contribution in [0.15, 0.2) is 23.6 Å². The molecule has 3 aromatic rings. The SMILES string of the molecule is Cc1c(CC(=O)O)c2cc(O)c(F)cc2n1C(=O)c1csc(Cl)c1. The van der Waals surface area contributed by atoms with Crippen molar-refractivity contribution in [2.45, 2.75) is 13.3 Å². The van der Waals surface area contributed by atoms with Gasteiger partial charge in [0.05, 0.1) is 21.8 Å². The van der Waals surface area contributed by atoms with Crippen LogP contribution in [0.25, 0.3) is 10.9 Å². The summed E-state index contributed by atoms with van der Waals surface area (Å²) in [5.41, 5.74) is 1.25. The molecule has 0 unspecified atom stereocenters. The van der Waals surface area contributed by atoms with Gasteiger partial charge < -0.3 is 10.2 Å². The highest BCUT2D eigenvalue weighted by Crippen LogP contribution is 2.32. The van der Waals surface area contributed by atoms with Crippen molar-refractivity contribution in [3.8, 4) is 5.75 Å². The summed E-state index contributed by atoms with van der Waals surface area (Å²) in [6.07, 6.45) is -0.349. The van der Waals surface area contributed by atoms with Gasteiger partial charge in [-0.15, -0.1) is 11.3 Å². The molecule has 5 nitrogen and oxygen atoms in total. The maximum absolute atomic E-state index is 13.8. The number of carbonyl (C=O) groups is 2. The molecule has 0 atom stereocenters. The van der Waals surface area contributed by atoms with Crippen molar-refractivity contribution >= 4 is 45.7 Å². The first-order valence-corrected chi connectivity index (χ1v) is 8.08. The molecule has 24 heavy (non-hydrogen) atoms. The van der Waals surface area contributed by atoms with Gasteiger partial charge in [-0.05, 0) is 24.6 Å². The van der Waals surface area contributed by atoms with Gasteiger partial charge in [-0.25, -0.2) is 4.39 Å². The second-order valence-electron chi connectivity index (χ2n) is 5.24. The Balaban J connectivity index is 2.30. The van der Waals surface area contributed by atoms with Crippen molar-refractivity contribution in [2.75, 3.05) is 0 Å². The maximum atomic E-state index is 13.8. The summed E-state index contributed by atoms with van der Waals surface area (Å²) in [7, 11) is 0. The molecule has 0 amide bonds. The van der Waals surface area contributed by atoms with Gasteiger partial charge in [0, 0.05) is 22.5 Å². The van der Waals surface area contributed by atoms with Gasteiger partial charge in [-0.1, -0.05) is 11.6 Å². The van der Waals surface area contributed by atoms with Gasteiger partial charge in [0.2, 0.25) is 0 Å². The first kappa shape index (κ1) is 16.5. The molecule has 3 rings (SSSR count). The highest BCUT2D eigenvalue weighted by molar-refractivity contribution is 7.14. The van der Waals surface area contributed by atoms with Crippen molar-refractivity contribution in [3.05, 3.63) is 50.6 Å². The van der Waals surface area contributed by atoms with E-state index in [0.717, 1.165) is 12.1 Å². The number of hydrogen-bond donors (Lipinski definition) is 2. The van der Waals surface area contributed by atoms with Crippen molar-refractivity contribution in [1.82, 2.24) is 4.57 Å². The predicted octanol–water partition coefficient (Wildman–Crippen LogP) is 3.82. The number of aromatic nitrogens is 1. The first-order valence-electron chi connectivity index (χ1n) is 6.82. The number of benzene rings is 1. The Morgan fingerprint density at radius 2 is 2.04 bits per heavy atom. The Morgan fingerprint density at radius 3 is 2.62 bits per heavy atom. The lowest BCUT2D eigenvalue weighted by Crippen LogP contribution is -2.13. The van der Waals surface area contributed by atoms with Crippen molar-refractivity contribution in [3.63, 3.8) is 0 Å². The van der Waals surface area contributed by atoms with Crippen LogP contribution in [0.4, 0.5) is 4.39 Å². The van der Waals surface area contributed by atoms with Crippen LogP contribution in [-0.2, 0) is 11.2 Å². The summed E-state index contributed by atoms with van der Waals surface area (Å²) in [5.74, 6) is -3.02. The molecular formula is C16H11ClFNO4S. The average molecular weight is 368 g/mol. The minimum atomic E-state index is -1.09. The van der Waals surface area contributed by atoms with E-state index >= 15 is 0 Å². The summed E-state index contributed by atoms with van der Waals surface area (Å²) >= 11 is 7.04. The maximum Gasteiger partial charge on any atom is 0.307 e. The van der Waals surface area contributed by atoms with Crippen LogP contribution in [0.2, 0.25) is 4.34 Å². The van der Waals surface area contributed by atoms with Crippen LogP contribution in [0.3, 0.4) is 0 Å². The minimum absolute atomic E-state index is 0.200. The van der Waals surface area contributed by atoms with Crippen molar-refractivity contribution in [2.24, 2.45) is 0 Å². The molecule has 2 heterocycles. The first-order chi connectivity index (χ1) is 11.3. The fraction of sp³-hybridized carbons (Fsp3) is 0.125. The molecule has 8 heteroatoms. The summed E-state index contributed by atoms with van der Waals surface area (Å²) in [6.45, 7) is 1.58. The lowest BCUT2D eigenvalue weighted by Gasteiger charge is -2.06. The Morgan fingerprint density at radius 1 is 1.33 bits per heavy atom.